The first-order chi connectivity index (χ1) is 23.5. The molecule has 0 heterocycles. The topological polar surface area (TPSA) is 224 Å². The van der Waals surface area contributed by atoms with E-state index in [1.807, 2.05) is 0 Å². The Kier molecular flexibility index (Phi) is 9.05. The lowest BCUT2D eigenvalue weighted by Gasteiger charge is -2.20. The highest BCUT2D eigenvalue weighted by Gasteiger charge is 2.23. The van der Waals surface area contributed by atoms with Crippen molar-refractivity contribution in [2.24, 2.45) is 0 Å². The lowest BCUT2D eigenvalue weighted by Crippen LogP contribution is -2.05. The molecule has 6 N–H and O–H groups in total. The lowest BCUT2D eigenvalue weighted by molar-refractivity contribution is 0.0676. The molecule has 0 aliphatic rings. The van der Waals surface area contributed by atoms with Crippen LogP contribution < -0.4 is 0 Å². The minimum atomic E-state index is -1.44. The van der Waals surface area contributed by atoms with E-state index in [0.29, 0.717) is 33.4 Å². The van der Waals surface area contributed by atoms with Gasteiger partial charge in [0.2, 0.25) is 0 Å². The molecule has 0 unspecified atom stereocenters. The zero-order chi connectivity index (χ0) is 36.6. The largest absolute Gasteiger partial charge is 0.478 e. The molecule has 250 valence electrons. The van der Waals surface area contributed by atoms with Crippen molar-refractivity contribution in [2.75, 3.05) is 0 Å². The van der Waals surface area contributed by atoms with Crippen molar-refractivity contribution in [3.05, 3.63) is 129 Å². The van der Waals surface area contributed by atoms with Crippen LogP contribution in [0.5, 0.6) is 0 Å². The highest BCUT2D eigenvalue weighted by Crippen LogP contribution is 2.44. The van der Waals surface area contributed by atoms with E-state index < -0.39 is 58.1 Å². The Morgan fingerprint density at radius 2 is 0.500 bits per heavy atom. The fourth-order valence-electron chi connectivity index (χ4n) is 5.74. The predicted molar refractivity (Wildman–Crippen MR) is 179 cm³/mol. The number of rotatable bonds is 10. The Labute approximate surface area is 282 Å². The summed E-state index contributed by atoms with van der Waals surface area (Å²) in [5.74, 6) is -8.24. The molecule has 0 bridgehead atoms. The van der Waals surface area contributed by atoms with Crippen LogP contribution in [0.15, 0.2) is 84.9 Å². The fraction of sp³-hybridized carbons (Fsp3) is 0.0526. The molecule has 5 aromatic rings. The molecule has 0 aromatic heterocycles. The van der Waals surface area contributed by atoms with Crippen LogP contribution in [0.4, 0.5) is 0 Å². The Morgan fingerprint density at radius 3 is 0.720 bits per heavy atom. The Morgan fingerprint density at radius 1 is 0.300 bits per heavy atom. The summed E-state index contributed by atoms with van der Waals surface area (Å²) in [6.45, 7) is 3.33. The minimum Gasteiger partial charge on any atom is -0.478 e. The first kappa shape index (κ1) is 34.3. The highest BCUT2D eigenvalue weighted by molar-refractivity contribution is 6.03. The number of benzene rings is 5. The van der Waals surface area contributed by atoms with E-state index in [-0.39, 0.29) is 33.4 Å². The molecular weight excluding hydrogens is 648 g/mol. The van der Waals surface area contributed by atoms with Crippen LogP contribution in [0.25, 0.3) is 44.5 Å². The van der Waals surface area contributed by atoms with Crippen molar-refractivity contribution < 1.29 is 59.4 Å². The van der Waals surface area contributed by atoms with Gasteiger partial charge in [0.1, 0.15) is 0 Å². The molecule has 0 amide bonds. The number of hydrogen-bond donors (Lipinski definition) is 6. The van der Waals surface area contributed by atoms with Crippen LogP contribution in [0.1, 0.15) is 73.3 Å². The van der Waals surface area contributed by atoms with Crippen molar-refractivity contribution in [2.45, 2.75) is 13.8 Å². The second kappa shape index (κ2) is 13.2. The van der Waals surface area contributed by atoms with E-state index >= 15 is 0 Å². The van der Waals surface area contributed by atoms with E-state index in [4.69, 9.17) is 0 Å². The van der Waals surface area contributed by atoms with Gasteiger partial charge in [0.25, 0.3) is 0 Å². The second-order valence-electron chi connectivity index (χ2n) is 11.5. The third-order valence-corrected chi connectivity index (χ3v) is 7.90. The summed E-state index contributed by atoms with van der Waals surface area (Å²) in [5, 5.41) is 59.1. The first-order valence-corrected chi connectivity index (χ1v) is 14.6. The zero-order valence-electron chi connectivity index (χ0n) is 26.2. The molecule has 0 spiro atoms. The van der Waals surface area contributed by atoms with Gasteiger partial charge in [-0.1, -0.05) is 12.1 Å². The van der Waals surface area contributed by atoms with Crippen molar-refractivity contribution in [1.82, 2.24) is 0 Å². The zero-order valence-corrected chi connectivity index (χ0v) is 26.2. The summed E-state index contributed by atoms with van der Waals surface area (Å²) in [5.41, 5.74) is 1.08. The molecule has 0 fully saturated rings. The third kappa shape index (κ3) is 6.94. The maximum absolute atomic E-state index is 12.1. The number of hydrogen-bond acceptors (Lipinski definition) is 6. The van der Waals surface area contributed by atoms with Gasteiger partial charge in [-0.25, -0.2) is 28.8 Å². The molecule has 5 rings (SSSR count). The molecule has 12 nitrogen and oxygen atoms in total. The van der Waals surface area contributed by atoms with Crippen molar-refractivity contribution in [1.29, 1.82) is 0 Å². The van der Waals surface area contributed by atoms with E-state index in [9.17, 15) is 59.4 Å². The van der Waals surface area contributed by atoms with Gasteiger partial charge in [-0.2, -0.15) is 0 Å². The van der Waals surface area contributed by atoms with Crippen LogP contribution in [0.3, 0.4) is 0 Å². The van der Waals surface area contributed by atoms with E-state index in [0.717, 1.165) is 12.1 Å². The maximum Gasteiger partial charge on any atom is 0.335 e. The monoisotopic (exact) mass is 674 g/mol. The lowest BCUT2D eigenvalue weighted by atomic mass is 9.83. The van der Waals surface area contributed by atoms with Crippen LogP contribution in [-0.2, 0) is 0 Å². The Hall–Kier alpha value is -7.08. The number of carboxylic acids is 6. The molecule has 0 radical (unpaired) electrons. The molecule has 0 aliphatic carbocycles. The van der Waals surface area contributed by atoms with Gasteiger partial charge in [-0.05, 0) is 142 Å². The molecule has 50 heavy (non-hydrogen) atoms. The predicted octanol–water partition coefficient (Wildman–Crippen LogP) is 7.16. The summed E-state index contributed by atoms with van der Waals surface area (Å²) < 4.78 is 0. The van der Waals surface area contributed by atoms with Gasteiger partial charge in [-0.15, -0.1) is 0 Å². The molecule has 12 heteroatoms. The van der Waals surface area contributed by atoms with Crippen molar-refractivity contribution in [3.63, 3.8) is 0 Å². The molecule has 0 atom stereocenters. The van der Waals surface area contributed by atoms with Crippen LogP contribution in [-0.4, -0.2) is 66.5 Å². The smallest absolute Gasteiger partial charge is 0.335 e. The SMILES string of the molecule is Cc1cc(C(=O)O)cc(-c2cc(-c3cc(C(=O)O)cc(C(=O)O)c3)c(-c3cc(C(=O)O)cc(C(=O)O)c3)cc2-c2cc(C)cc(C(=O)O)c2)c1. The third-order valence-electron chi connectivity index (χ3n) is 7.90. The van der Waals surface area contributed by atoms with Gasteiger partial charge in [-0.3, -0.25) is 0 Å². The average Bonchev–Trinajstić information content (AvgIpc) is 3.06. The van der Waals surface area contributed by atoms with E-state index in [2.05, 4.69) is 0 Å². The van der Waals surface area contributed by atoms with Crippen molar-refractivity contribution >= 4 is 35.8 Å². The minimum absolute atomic E-state index is 0.0456. The molecule has 5 aromatic carbocycles. The summed E-state index contributed by atoms with van der Waals surface area (Å²) in [4.78, 5) is 72.6. The molecule has 0 saturated carbocycles. The number of aromatic carboxylic acids is 6. The first-order valence-electron chi connectivity index (χ1n) is 14.6. The summed E-state index contributed by atoms with van der Waals surface area (Å²) in [7, 11) is 0. The summed E-state index contributed by atoms with van der Waals surface area (Å²) in [6, 6.07) is 18.7. The number of carboxylic acid groups (broad SMARTS) is 6. The molecule has 0 aliphatic heterocycles. The van der Waals surface area contributed by atoms with Gasteiger partial charge in [0.05, 0.1) is 33.4 Å². The second-order valence-corrected chi connectivity index (χ2v) is 11.5. The highest BCUT2D eigenvalue weighted by atomic mass is 16.4. The number of aryl methyl sites for hydroxylation is 2. The van der Waals surface area contributed by atoms with E-state index in [1.54, 1.807) is 26.0 Å². The Bertz CT molecular complexity index is 2090. The quantitative estimate of drug-likeness (QED) is 0.0868. The summed E-state index contributed by atoms with van der Waals surface area (Å²) in [6.07, 6.45) is 0. The van der Waals surface area contributed by atoms with Gasteiger partial charge >= 0.3 is 35.8 Å². The van der Waals surface area contributed by atoms with Crippen LogP contribution >= 0.6 is 0 Å². The van der Waals surface area contributed by atoms with Crippen LogP contribution in [0, 0.1) is 13.8 Å². The van der Waals surface area contributed by atoms with Crippen LogP contribution in [0.2, 0.25) is 0 Å². The normalized spacial score (nSPS) is 10.8. The maximum atomic E-state index is 12.1. The van der Waals surface area contributed by atoms with Gasteiger partial charge < -0.3 is 30.6 Å². The summed E-state index contributed by atoms with van der Waals surface area (Å²) >= 11 is 0. The fourth-order valence-corrected chi connectivity index (χ4v) is 5.74. The molecular formula is C38H26O12. The van der Waals surface area contributed by atoms with Gasteiger partial charge in [0.15, 0.2) is 0 Å². The Balaban J connectivity index is 2.03. The van der Waals surface area contributed by atoms with Crippen molar-refractivity contribution in [3.8, 4) is 44.5 Å². The molecule has 0 saturated heterocycles. The van der Waals surface area contributed by atoms with E-state index in [1.165, 1.54) is 60.7 Å². The number of carbonyl (C=O) groups is 6. The standard InChI is InChI=1S/C38H26O12/c1-17-3-19(7-23(5-17)33(39)40)29-15-31(21-9-25(35(43)44)13-26(10-21)36(45)46)32(22-11-27(37(47)48)14-28(12-22)38(49)50)16-30(29)20-4-18(2)6-24(8-20)34(41)42/h3-16H,1-2H3,(H,39,40)(H,41,42)(H,43,44)(H,45,46)(H,47,48)(H,49,50). The average molecular weight is 675 g/mol. The van der Waals surface area contributed by atoms with Gasteiger partial charge in [0, 0.05) is 0 Å².